The second-order valence-electron chi connectivity index (χ2n) is 5.91. The molecular weight excluding hydrogens is 244 g/mol. The molecule has 0 heterocycles. The summed E-state index contributed by atoms with van der Waals surface area (Å²) < 4.78 is 0. The fraction of sp³-hybridized carbons (Fsp3) is 0.857. The van der Waals surface area contributed by atoms with Crippen molar-refractivity contribution in [1.82, 2.24) is 10.6 Å². The summed E-state index contributed by atoms with van der Waals surface area (Å²) in [5, 5.41) is 14.5. The smallest absolute Gasteiger partial charge is 0.315 e. The number of aliphatic carboxylic acids is 1. The van der Waals surface area contributed by atoms with Crippen LogP contribution in [0.4, 0.5) is 4.79 Å². The molecule has 0 aromatic heterocycles. The van der Waals surface area contributed by atoms with E-state index in [1.807, 2.05) is 6.92 Å². The maximum atomic E-state index is 11.8. The molecule has 110 valence electrons. The lowest BCUT2D eigenvalue weighted by Crippen LogP contribution is -2.46. The summed E-state index contributed by atoms with van der Waals surface area (Å²) >= 11 is 0. The third-order valence-corrected chi connectivity index (χ3v) is 3.86. The number of hydrogen-bond donors (Lipinski definition) is 3. The van der Waals surface area contributed by atoms with E-state index in [-0.39, 0.29) is 18.6 Å². The highest BCUT2D eigenvalue weighted by atomic mass is 16.4. The Hall–Kier alpha value is -1.26. The van der Waals surface area contributed by atoms with Gasteiger partial charge in [-0.2, -0.15) is 0 Å². The third-order valence-electron chi connectivity index (χ3n) is 3.86. The summed E-state index contributed by atoms with van der Waals surface area (Å²) in [4.78, 5) is 22.6. The van der Waals surface area contributed by atoms with Gasteiger partial charge >= 0.3 is 12.0 Å². The summed E-state index contributed by atoms with van der Waals surface area (Å²) in [7, 11) is 0. The van der Waals surface area contributed by atoms with E-state index in [0.29, 0.717) is 18.3 Å². The maximum Gasteiger partial charge on any atom is 0.315 e. The van der Waals surface area contributed by atoms with Crippen LogP contribution in [0.2, 0.25) is 0 Å². The largest absolute Gasteiger partial charge is 0.481 e. The first-order chi connectivity index (χ1) is 8.92. The van der Waals surface area contributed by atoms with Crippen molar-refractivity contribution in [1.29, 1.82) is 0 Å². The van der Waals surface area contributed by atoms with E-state index in [9.17, 15) is 9.59 Å². The summed E-state index contributed by atoms with van der Waals surface area (Å²) in [6, 6.07) is -0.0327. The highest BCUT2D eigenvalue weighted by Crippen LogP contribution is 2.28. The molecule has 0 spiro atoms. The molecular formula is C14H26N2O3. The van der Waals surface area contributed by atoms with Crippen molar-refractivity contribution < 1.29 is 14.7 Å². The Labute approximate surface area is 115 Å². The number of nitrogens with one attached hydrogen (secondary N) is 2. The molecule has 0 bridgehead atoms. The highest BCUT2D eigenvalue weighted by molar-refractivity contribution is 5.76. The van der Waals surface area contributed by atoms with Gasteiger partial charge in [0.15, 0.2) is 0 Å². The first-order valence-electron chi connectivity index (χ1n) is 7.19. The van der Waals surface area contributed by atoms with E-state index in [4.69, 9.17) is 5.11 Å². The van der Waals surface area contributed by atoms with Crippen molar-refractivity contribution >= 4 is 12.0 Å². The number of amides is 2. The zero-order valence-corrected chi connectivity index (χ0v) is 12.1. The minimum atomic E-state index is -0.859. The quantitative estimate of drug-likeness (QED) is 0.716. The Morgan fingerprint density at radius 3 is 2.26 bits per heavy atom. The van der Waals surface area contributed by atoms with E-state index in [1.54, 1.807) is 0 Å². The van der Waals surface area contributed by atoms with Crippen molar-refractivity contribution in [2.45, 2.75) is 52.5 Å². The molecule has 1 saturated carbocycles. The van der Waals surface area contributed by atoms with Gasteiger partial charge < -0.3 is 15.7 Å². The summed E-state index contributed by atoms with van der Waals surface area (Å²) in [6.07, 6.45) is 3.76. The number of carboxylic acid groups (broad SMARTS) is 1. The molecule has 0 aromatic carbocycles. The van der Waals surface area contributed by atoms with Gasteiger partial charge in [0.25, 0.3) is 0 Å². The molecule has 0 aliphatic heterocycles. The predicted octanol–water partition coefficient (Wildman–Crippen LogP) is 2.22. The number of rotatable bonds is 5. The normalized spacial score (nSPS) is 28.5. The first-order valence-corrected chi connectivity index (χ1v) is 7.19. The van der Waals surface area contributed by atoms with Crippen LogP contribution in [0.25, 0.3) is 0 Å². The molecule has 0 radical (unpaired) electrons. The van der Waals surface area contributed by atoms with Crippen molar-refractivity contribution in [2.24, 2.45) is 17.8 Å². The standard InChI is InChI=1S/C14H26N2O3/c1-4-11(13(17)18)8-15-14(19)16-12-6-9(2)5-10(3)7-12/h9-12H,4-8H2,1-3H3,(H,17,18)(H2,15,16,19). The van der Waals surface area contributed by atoms with E-state index < -0.39 is 11.9 Å². The van der Waals surface area contributed by atoms with Gasteiger partial charge in [-0.3, -0.25) is 4.79 Å². The average molecular weight is 270 g/mol. The summed E-state index contributed by atoms with van der Waals surface area (Å²) in [6.45, 7) is 6.41. The zero-order chi connectivity index (χ0) is 14.4. The van der Waals surface area contributed by atoms with Crippen molar-refractivity contribution in [3.05, 3.63) is 0 Å². The van der Waals surface area contributed by atoms with Crippen molar-refractivity contribution in [3.8, 4) is 0 Å². The van der Waals surface area contributed by atoms with Gasteiger partial charge in [0, 0.05) is 12.6 Å². The van der Waals surface area contributed by atoms with E-state index in [0.717, 1.165) is 12.8 Å². The maximum absolute atomic E-state index is 11.8. The monoisotopic (exact) mass is 270 g/mol. The second-order valence-corrected chi connectivity index (χ2v) is 5.91. The van der Waals surface area contributed by atoms with E-state index in [1.165, 1.54) is 6.42 Å². The fourth-order valence-electron chi connectivity index (χ4n) is 2.92. The Bertz CT molecular complexity index is 310. The van der Waals surface area contributed by atoms with Crippen LogP contribution in [0.3, 0.4) is 0 Å². The second kappa shape index (κ2) is 7.36. The molecule has 3 unspecified atom stereocenters. The van der Waals surface area contributed by atoms with Crippen LogP contribution in [0.15, 0.2) is 0 Å². The molecule has 1 aliphatic rings. The van der Waals surface area contributed by atoms with Gasteiger partial charge in [0.1, 0.15) is 0 Å². The number of carboxylic acids is 1. The summed E-state index contributed by atoms with van der Waals surface area (Å²) in [5.41, 5.74) is 0. The molecule has 3 atom stereocenters. The van der Waals surface area contributed by atoms with Gasteiger partial charge in [-0.25, -0.2) is 4.79 Å². The van der Waals surface area contributed by atoms with Gasteiger partial charge in [0.05, 0.1) is 5.92 Å². The Kier molecular flexibility index (Phi) is 6.12. The molecule has 5 nitrogen and oxygen atoms in total. The number of urea groups is 1. The van der Waals surface area contributed by atoms with Crippen molar-refractivity contribution in [2.75, 3.05) is 6.54 Å². The number of carbonyl (C=O) groups is 2. The predicted molar refractivity (Wildman–Crippen MR) is 73.9 cm³/mol. The zero-order valence-electron chi connectivity index (χ0n) is 12.1. The third kappa shape index (κ3) is 5.49. The van der Waals surface area contributed by atoms with E-state index >= 15 is 0 Å². The lowest BCUT2D eigenvalue weighted by Gasteiger charge is -2.32. The van der Waals surface area contributed by atoms with Crippen LogP contribution >= 0.6 is 0 Å². The van der Waals surface area contributed by atoms with Crippen LogP contribution in [0, 0.1) is 17.8 Å². The lowest BCUT2D eigenvalue weighted by molar-refractivity contribution is -0.141. The van der Waals surface area contributed by atoms with Crippen LogP contribution in [-0.2, 0) is 4.79 Å². The molecule has 1 rings (SSSR count). The number of carbonyl (C=O) groups excluding carboxylic acids is 1. The highest BCUT2D eigenvalue weighted by Gasteiger charge is 2.25. The van der Waals surface area contributed by atoms with Crippen LogP contribution in [0.5, 0.6) is 0 Å². The Morgan fingerprint density at radius 1 is 1.21 bits per heavy atom. The Morgan fingerprint density at radius 2 is 1.79 bits per heavy atom. The van der Waals surface area contributed by atoms with Gasteiger partial charge in [-0.1, -0.05) is 20.8 Å². The van der Waals surface area contributed by atoms with Crippen molar-refractivity contribution in [3.63, 3.8) is 0 Å². The minimum Gasteiger partial charge on any atom is -0.481 e. The molecule has 1 aliphatic carbocycles. The molecule has 2 amide bonds. The van der Waals surface area contributed by atoms with Gasteiger partial charge in [-0.05, 0) is 37.5 Å². The lowest BCUT2D eigenvalue weighted by atomic mass is 9.80. The Balaban J connectivity index is 2.32. The minimum absolute atomic E-state index is 0.190. The molecule has 3 N–H and O–H groups in total. The molecule has 0 saturated heterocycles. The van der Waals surface area contributed by atoms with Gasteiger partial charge in [0.2, 0.25) is 0 Å². The topological polar surface area (TPSA) is 78.4 Å². The summed E-state index contributed by atoms with van der Waals surface area (Å²) in [5.74, 6) is -0.0921. The SMILES string of the molecule is CCC(CNC(=O)NC1CC(C)CC(C)C1)C(=O)O. The van der Waals surface area contributed by atoms with Crippen LogP contribution < -0.4 is 10.6 Å². The molecule has 5 heteroatoms. The average Bonchev–Trinajstić information content (AvgIpc) is 2.27. The van der Waals surface area contributed by atoms with Crippen LogP contribution in [0.1, 0.15) is 46.5 Å². The van der Waals surface area contributed by atoms with Gasteiger partial charge in [-0.15, -0.1) is 0 Å². The first kappa shape index (κ1) is 15.8. The number of hydrogen-bond acceptors (Lipinski definition) is 2. The van der Waals surface area contributed by atoms with Crippen LogP contribution in [-0.4, -0.2) is 29.7 Å². The molecule has 0 aromatic rings. The molecule has 19 heavy (non-hydrogen) atoms. The van der Waals surface area contributed by atoms with E-state index in [2.05, 4.69) is 24.5 Å². The fourth-order valence-corrected chi connectivity index (χ4v) is 2.92. The molecule has 1 fully saturated rings.